The number of ether oxygens (including phenoxy) is 1. The number of nitrogens with zero attached hydrogens (tertiary/aromatic N) is 3. The predicted molar refractivity (Wildman–Crippen MR) is 121 cm³/mol. The van der Waals surface area contributed by atoms with E-state index >= 15 is 0 Å². The zero-order chi connectivity index (χ0) is 22.3. The predicted octanol–water partition coefficient (Wildman–Crippen LogP) is 3.09. The van der Waals surface area contributed by atoms with Gasteiger partial charge in [0.05, 0.1) is 27.3 Å². The van der Waals surface area contributed by atoms with Gasteiger partial charge in [-0.25, -0.2) is 8.42 Å². The topological polar surface area (TPSA) is 81.0 Å². The lowest BCUT2D eigenvalue weighted by molar-refractivity contribution is -0.0440. The zero-order valence-electron chi connectivity index (χ0n) is 17.9. The summed E-state index contributed by atoms with van der Waals surface area (Å²) in [6, 6.07) is 12.0. The fourth-order valence-corrected chi connectivity index (χ4v) is 6.59. The maximum Gasteiger partial charge on any atom is 0.279 e. The van der Waals surface area contributed by atoms with E-state index in [1.807, 2.05) is 50.6 Å². The smallest absolute Gasteiger partial charge is 0.279 e. The summed E-state index contributed by atoms with van der Waals surface area (Å²) in [5.74, 6) is -0.405. The number of fused-ring (bicyclic) bond motifs is 1. The highest BCUT2D eigenvalue weighted by molar-refractivity contribution is 7.89. The van der Waals surface area contributed by atoms with Crippen LogP contribution in [0.3, 0.4) is 0 Å². The van der Waals surface area contributed by atoms with Gasteiger partial charge in [-0.1, -0.05) is 23.5 Å². The molecule has 4 rings (SSSR count). The Morgan fingerprint density at radius 2 is 1.74 bits per heavy atom. The molecule has 0 spiro atoms. The molecule has 31 heavy (non-hydrogen) atoms. The van der Waals surface area contributed by atoms with Crippen LogP contribution in [0.5, 0.6) is 0 Å². The van der Waals surface area contributed by atoms with Crippen LogP contribution in [-0.4, -0.2) is 48.5 Å². The number of hydrogen-bond acceptors (Lipinski definition) is 5. The second-order valence-electron chi connectivity index (χ2n) is 7.89. The van der Waals surface area contributed by atoms with Crippen molar-refractivity contribution < 1.29 is 17.9 Å². The van der Waals surface area contributed by atoms with E-state index in [1.165, 1.54) is 39.9 Å². The zero-order valence-corrected chi connectivity index (χ0v) is 19.5. The maximum atomic E-state index is 13.0. The van der Waals surface area contributed by atoms with Crippen molar-refractivity contribution in [1.29, 1.82) is 0 Å². The Balaban J connectivity index is 1.61. The van der Waals surface area contributed by atoms with Gasteiger partial charge in [-0.15, -0.1) is 0 Å². The van der Waals surface area contributed by atoms with Crippen LogP contribution in [0.1, 0.15) is 29.8 Å². The molecule has 1 fully saturated rings. The van der Waals surface area contributed by atoms with E-state index in [4.69, 9.17) is 4.74 Å². The number of aromatic nitrogens is 1. The normalized spacial score (nSPS) is 21.0. The van der Waals surface area contributed by atoms with E-state index in [-0.39, 0.29) is 17.1 Å². The number of benzene rings is 2. The second kappa shape index (κ2) is 8.31. The molecule has 164 valence electrons. The summed E-state index contributed by atoms with van der Waals surface area (Å²) in [5.41, 5.74) is 2.51. The maximum absolute atomic E-state index is 13.0. The quantitative estimate of drug-likeness (QED) is 0.603. The monoisotopic (exact) mass is 459 g/mol. The molecule has 1 saturated heterocycles. The van der Waals surface area contributed by atoms with Gasteiger partial charge >= 0.3 is 0 Å². The average Bonchev–Trinajstić information content (AvgIpc) is 3.04. The molecule has 2 aromatic carbocycles. The van der Waals surface area contributed by atoms with E-state index in [1.54, 1.807) is 0 Å². The summed E-state index contributed by atoms with van der Waals surface area (Å²) in [4.78, 5) is 17.8. The van der Waals surface area contributed by atoms with Crippen LogP contribution in [-0.2, 0) is 21.8 Å². The van der Waals surface area contributed by atoms with Crippen LogP contribution in [0.4, 0.5) is 0 Å². The molecule has 1 amide bonds. The fraction of sp³-hybridized carbons (Fsp3) is 0.364. The Morgan fingerprint density at radius 1 is 1.10 bits per heavy atom. The molecule has 1 aliphatic rings. The van der Waals surface area contributed by atoms with Crippen molar-refractivity contribution in [2.75, 3.05) is 13.1 Å². The molecule has 1 aliphatic heterocycles. The Kier molecular flexibility index (Phi) is 5.87. The molecule has 0 aliphatic carbocycles. The number of rotatable bonds is 3. The molecule has 0 radical (unpaired) electrons. The van der Waals surface area contributed by atoms with Crippen LogP contribution in [0.2, 0.25) is 0 Å². The molecule has 9 heteroatoms. The Labute approximate surface area is 185 Å². The van der Waals surface area contributed by atoms with Crippen molar-refractivity contribution >= 4 is 37.5 Å². The van der Waals surface area contributed by atoms with Crippen LogP contribution in [0, 0.1) is 6.92 Å². The molecule has 3 aromatic rings. The molecule has 0 unspecified atom stereocenters. The fourth-order valence-electron chi connectivity index (χ4n) is 3.90. The van der Waals surface area contributed by atoms with Gasteiger partial charge in [0.2, 0.25) is 10.0 Å². The lowest BCUT2D eigenvalue weighted by Gasteiger charge is -2.34. The third kappa shape index (κ3) is 4.23. The largest absolute Gasteiger partial charge is 0.373 e. The molecule has 0 saturated carbocycles. The number of amides is 1. The number of sulfonamides is 1. The van der Waals surface area contributed by atoms with E-state index in [2.05, 4.69) is 4.99 Å². The van der Waals surface area contributed by atoms with E-state index < -0.39 is 15.9 Å². The molecule has 1 aromatic heterocycles. The van der Waals surface area contributed by atoms with Gasteiger partial charge in [-0.05, 0) is 56.7 Å². The minimum absolute atomic E-state index is 0.161. The Hall–Kier alpha value is -2.33. The first-order valence-electron chi connectivity index (χ1n) is 10.1. The first-order chi connectivity index (χ1) is 14.7. The number of hydrogen-bond donors (Lipinski definition) is 0. The first-order valence-corrected chi connectivity index (χ1v) is 12.3. The number of aryl methyl sites for hydroxylation is 2. The third-order valence-corrected chi connectivity index (χ3v) is 8.29. The summed E-state index contributed by atoms with van der Waals surface area (Å²) < 4.78 is 36.0. The highest BCUT2D eigenvalue weighted by atomic mass is 32.2. The van der Waals surface area contributed by atoms with E-state index in [0.29, 0.717) is 23.5 Å². The van der Waals surface area contributed by atoms with Crippen molar-refractivity contribution in [3.8, 4) is 0 Å². The van der Waals surface area contributed by atoms with Gasteiger partial charge in [0, 0.05) is 25.7 Å². The Bertz CT molecular complexity index is 1300. The summed E-state index contributed by atoms with van der Waals surface area (Å²) in [6.45, 7) is 6.36. The van der Waals surface area contributed by atoms with Crippen LogP contribution < -0.4 is 4.80 Å². The second-order valence-corrected chi connectivity index (χ2v) is 10.8. The van der Waals surface area contributed by atoms with Gasteiger partial charge in [-0.3, -0.25) is 4.79 Å². The third-order valence-electron chi connectivity index (χ3n) is 5.35. The Morgan fingerprint density at radius 3 is 2.35 bits per heavy atom. The van der Waals surface area contributed by atoms with Gasteiger partial charge in [0.15, 0.2) is 4.80 Å². The lowest BCUT2D eigenvalue weighted by atomic mass is 10.2. The van der Waals surface area contributed by atoms with Gasteiger partial charge in [0.1, 0.15) is 0 Å². The summed E-state index contributed by atoms with van der Waals surface area (Å²) in [5, 5.41) is 0. The SMILES string of the molecule is Cc1cccc2sc(=NC(=O)c3ccc(S(=O)(=O)N4C[C@H](C)O[C@@H](C)C4)cc3)n(C)c12. The molecule has 0 bridgehead atoms. The van der Waals surface area contributed by atoms with Crippen molar-refractivity contribution in [2.45, 2.75) is 37.9 Å². The van der Waals surface area contributed by atoms with Gasteiger partial charge in [-0.2, -0.15) is 9.30 Å². The number of thiazole rings is 1. The van der Waals surface area contributed by atoms with Gasteiger partial charge < -0.3 is 9.30 Å². The van der Waals surface area contributed by atoms with Crippen molar-refractivity contribution in [1.82, 2.24) is 8.87 Å². The standard InChI is InChI=1S/C22H25N3O4S2/c1-14-6-5-7-19-20(14)24(4)22(30-19)23-21(26)17-8-10-18(11-9-17)31(27,28)25-12-15(2)29-16(3)13-25/h5-11,15-16H,12-13H2,1-4H3/t15-,16-/m0/s1. The molecular weight excluding hydrogens is 434 g/mol. The first kappa shape index (κ1) is 21.9. The van der Waals surface area contributed by atoms with E-state index in [0.717, 1.165) is 15.8 Å². The number of carbonyl (C=O) groups excluding carboxylic acids is 1. The molecule has 2 heterocycles. The minimum Gasteiger partial charge on any atom is -0.373 e. The molecular formula is C22H25N3O4S2. The van der Waals surface area contributed by atoms with Crippen LogP contribution in [0.25, 0.3) is 10.2 Å². The number of carbonyl (C=O) groups is 1. The van der Waals surface area contributed by atoms with Gasteiger partial charge in [0.25, 0.3) is 5.91 Å². The minimum atomic E-state index is -3.65. The lowest BCUT2D eigenvalue weighted by Crippen LogP contribution is -2.48. The average molecular weight is 460 g/mol. The van der Waals surface area contributed by atoms with Crippen molar-refractivity contribution in [2.24, 2.45) is 12.0 Å². The highest BCUT2D eigenvalue weighted by Crippen LogP contribution is 2.22. The van der Waals surface area contributed by atoms with E-state index in [9.17, 15) is 13.2 Å². The van der Waals surface area contributed by atoms with Crippen molar-refractivity contribution in [3.05, 3.63) is 58.4 Å². The summed E-state index contributed by atoms with van der Waals surface area (Å²) in [7, 11) is -1.76. The van der Waals surface area contributed by atoms with Crippen LogP contribution in [0.15, 0.2) is 52.4 Å². The summed E-state index contributed by atoms with van der Waals surface area (Å²) in [6.07, 6.45) is -0.326. The molecule has 0 N–H and O–H groups in total. The summed E-state index contributed by atoms with van der Waals surface area (Å²) >= 11 is 1.45. The highest BCUT2D eigenvalue weighted by Gasteiger charge is 2.32. The number of morpholine rings is 1. The molecule has 7 nitrogen and oxygen atoms in total. The number of para-hydroxylation sites is 1. The molecule has 2 atom stereocenters. The van der Waals surface area contributed by atoms with Crippen molar-refractivity contribution in [3.63, 3.8) is 0 Å². The van der Waals surface area contributed by atoms with Crippen LogP contribution >= 0.6 is 11.3 Å².